The van der Waals surface area contributed by atoms with Crippen LogP contribution in [-0.2, 0) is 4.79 Å². The van der Waals surface area contributed by atoms with E-state index < -0.39 is 0 Å². The summed E-state index contributed by atoms with van der Waals surface area (Å²) < 4.78 is 1.81. The maximum atomic E-state index is 12.3. The fraction of sp³-hybridized carbons (Fsp3) is 0.444. The summed E-state index contributed by atoms with van der Waals surface area (Å²) in [5.41, 5.74) is 5.64. The summed E-state index contributed by atoms with van der Waals surface area (Å²) in [7, 11) is 3.57. The van der Waals surface area contributed by atoms with Crippen molar-refractivity contribution in [2.75, 3.05) is 14.1 Å². The molecule has 1 aromatic carbocycles. The van der Waals surface area contributed by atoms with E-state index in [0.29, 0.717) is 0 Å². The Morgan fingerprint density at radius 1 is 1.23 bits per heavy atom. The van der Waals surface area contributed by atoms with Gasteiger partial charge in [0.25, 0.3) is 0 Å². The van der Waals surface area contributed by atoms with Crippen LogP contribution in [0.4, 0.5) is 0 Å². The van der Waals surface area contributed by atoms with Crippen molar-refractivity contribution in [1.29, 1.82) is 0 Å². The molecular weight excluding hydrogens is 274 g/mol. The highest BCUT2D eigenvalue weighted by Gasteiger charge is 2.22. The zero-order chi connectivity index (χ0) is 16.4. The zero-order valence-corrected chi connectivity index (χ0v) is 14.3. The smallest absolute Gasteiger partial charge is 0.246 e. The summed E-state index contributed by atoms with van der Waals surface area (Å²) in [6, 6.07) is 6.13. The standard InChI is InChI=1S/C18H25N3O/c1-7-16(18(22)20(5)6)21-11-14(4)17(19-21)15-9-8-12(2)10-13(15)3/h8-11,16H,7H2,1-6H3. The first-order chi connectivity index (χ1) is 10.3. The molecule has 1 aromatic heterocycles. The van der Waals surface area contributed by atoms with Crippen molar-refractivity contribution in [3.8, 4) is 11.3 Å². The first-order valence-electron chi connectivity index (χ1n) is 7.69. The number of nitrogens with zero attached hydrogens (tertiary/aromatic N) is 3. The molecule has 22 heavy (non-hydrogen) atoms. The molecule has 118 valence electrons. The minimum atomic E-state index is -0.242. The minimum Gasteiger partial charge on any atom is -0.347 e. The van der Waals surface area contributed by atoms with Crippen LogP contribution in [0.1, 0.15) is 36.1 Å². The molecule has 0 fully saturated rings. The maximum Gasteiger partial charge on any atom is 0.246 e. The molecule has 1 heterocycles. The highest BCUT2D eigenvalue weighted by molar-refractivity contribution is 5.80. The number of aromatic nitrogens is 2. The molecule has 0 aliphatic carbocycles. The highest BCUT2D eigenvalue weighted by atomic mass is 16.2. The summed E-state index contributed by atoms with van der Waals surface area (Å²) in [5.74, 6) is 0.0807. The van der Waals surface area contributed by atoms with Gasteiger partial charge in [0.05, 0.1) is 5.69 Å². The van der Waals surface area contributed by atoms with E-state index in [0.717, 1.165) is 23.2 Å². The Balaban J connectivity index is 2.45. The van der Waals surface area contributed by atoms with Crippen LogP contribution in [0.3, 0.4) is 0 Å². The van der Waals surface area contributed by atoms with Crippen molar-refractivity contribution >= 4 is 5.91 Å². The molecule has 1 unspecified atom stereocenters. The van der Waals surface area contributed by atoms with E-state index in [9.17, 15) is 4.79 Å². The Morgan fingerprint density at radius 3 is 2.45 bits per heavy atom. The number of amides is 1. The van der Waals surface area contributed by atoms with Gasteiger partial charge < -0.3 is 4.90 Å². The molecular formula is C18H25N3O. The molecule has 2 aromatic rings. The fourth-order valence-electron chi connectivity index (χ4n) is 2.76. The first-order valence-corrected chi connectivity index (χ1v) is 7.69. The molecule has 2 rings (SSSR count). The van der Waals surface area contributed by atoms with Gasteiger partial charge in [0.1, 0.15) is 6.04 Å². The van der Waals surface area contributed by atoms with Crippen molar-refractivity contribution in [2.45, 2.75) is 40.2 Å². The normalized spacial score (nSPS) is 12.3. The lowest BCUT2D eigenvalue weighted by atomic mass is 10.0. The summed E-state index contributed by atoms with van der Waals surface area (Å²) in [6.07, 6.45) is 2.70. The number of benzene rings is 1. The lowest BCUT2D eigenvalue weighted by Crippen LogP contribution is -2.31. The van der Waals surface area contributed by atoms with E-state index in [1.54, 1.807) is 19.0 Å². The Kier molecular flexibility index (Phi) is 4.69. The third-order valence-corrected chi connectivity index (χ3v) is 3.98. The van der Waals surface area contributed by atoms with Gasteiger partial charge in [-0.25, -0.2) is 0 Å². The molecule has 0 spiro atoms. The van der Waals surface area contributed by atoms with E-state index >= 15 is 0 Å². The molecule has 1 atom stereocenters. The fourth-order valence-corrected chi connectivity index (χ4v) is 2.76. The second-order valence-corrected chi connectivity index (χ2v) is 6.12. The van der Waals surface area contributed by atoms with Crippen LogP contribution in [0, 0.1) is 20.8 Å². The molecule has 0 N–H and O–H groups in total. The van der Waals surface area contributed by atoms with Crippen molar-refractivity contribution < 1.29 is 4.79 Å². The van der Waals surface area contributed by atoms with Crippen LogP contribution in [0.15, 0.2) is 24.4 Å². The molecule has 1 amide bonds. The van der Waals surface area contributed by atoms with Gasteiger partial charge in [0.15, 0.2) is 0 Å². The number of hydrogen-bond acceptors (Lipinski definition) is 2. The van der Waals surface area contributed by atoms with Gasteiger partial charge in [0.2, 0.25) is 5.91 Å². The van der Waals surface area contributed by atoms with Gasteiger partial charge in [0, 0.05) is 25.9 Å². The molecule has 0 bridgehead atoms. The van der Waals surface area contributed by atoms with Crippen molar-refractivity contribution in [2.24, 2.45) is 0 Å². The summed E-state index contributed by atoms with van der Waals surface area (Å²) in [4.78, 5) is 13.9. The molecule has 4 nitrogen and oxygen atoms in total. The monoisotopic (exact) mass is 299 g/mol. The Labute approximate surface area is 132 Å². The number of carbonyl (C=O) groups is 1. The average molecular weight is 299 g/mol. The number of rotatable bonds is 4. The minimum absolute atomic E-state index is 0.0807. The average Bonchev–Trinajstić information content (AvgIpc) is 2.81. The van der Waals surface area contributed by atoms with Crippen LogP contribution >= 0.6 is 0 Å². The summed E-state index contributed by atoms with van der Waals surface area (Å²) in [5, 5.41) is 4.71. The molecule has 4 heteroatoms. The summed E-state index contributed by atoms with van der Waals surface area (Å²) >= 11 is 0. The molecule has 0 saturated carbocycles. The Morgan fingerprint density at radius 2 is 1.91 bits per heavy atom. The van der Waals surface area contributed by atoms with Gasteiger partial charge in [-0.1, -0.05) is 30.7 Å². The third-order valence-electron chi connectivity index (χ3n) is 3.98. The summed E-state index contributed by atoms with van der Waals surface area (Å²) in [6.45, 7) is 8.25. The van der Waals surface area contributed by atoms with Gasteiger partial charge in [-0.2, -0.15) is 5.10 Å². The van der Waals surface area contributed by atoms with Crippen molar-refractivity contribution in [3.05, 3.63) is 41.1 Å². The molecule has 0 aliphatic rings. The van der Waals surface area contributed by atoms with Crippen LogP contribution in [0.25, 0.3) is 11.3 Å². The Hall–Kier alpha value is -2.10. The number of aryl methyl sites for hydroxylation is 3. The third kappa shape index (κ3) is 3.06. The van der Waals surface area contributed by atoms with Crippen molar-refractivity contribution in [3.63, 3.8) is 0 Å². The van der Waals surface area contributed by atoms with Gasteiger partial charge in [-0.15, -0.1) is 0 Å². The van der Waals surface area contributed by atoms with E-state index in [4.69, 9.17) is 5.10 Å². The molecule has 0 aliphatic heterocycles. The first kappa shape index (κ1) is 16.3. The van der Waals surface area contributed by atoms with Gasteiger partial charge in [-0.05, 0) is 38.3 Å². The maximum absolute atomic E-state index is 12.3. The van der Waals surface area contributed by atoms with Crippen LogP contribution in [-0.4, -0.2) is 34.7 Å². The van der Waals surface area contributed by atoms with E-state index in [1.807, 2.05) is 24.7 Å². The second kappa shape index (κ2) is 6.34. The quantitative estimate of drug-likeness (QED) is 0.866. The SMILES string of the molecule is CCC(C(=O)N(C)C)n1cc(C)c(-c2ccc(C)cc2C)n1. The lowest BCUT2D eigenvalue weighted by molar-refractivity contribution is -0.132. The topological polar surface area (TPSA) is 38.1 Å². The number of likely N-dealkylation sites (N-methyl/N-ethyl adjacent to an activating group) is 1. The predicted octanol–water partition coefficient (Wildman–Crippen LogP) is 3.51. The zero-order valence-electron chi connectivity index (χ0n) is 14.3. The van der Waals surface area contributed by atoms with Gasteiger partial charge in [-0.3, -0.25) is 9.48 Å². The van der Waals surface area contributed by atoms with Crippen LogP contribution in [0.2, 0.25) is 0 Å². The van der Waals surface area contributed by atoms with Crippen LogP contribution < -0.4 is 0 Å². The van der Waals surface area contributed by atoms with E-state index in [2.05, 4.69) is 32.0 Å². The predicted molar refractivity (Wildman–Crippen MR) is 89.9 cm³/mol. The lowest BCUT2D eigenvalue weighted by Gasteiger charge is -2.19. The van der Waals surface area contributed by atoms with Gasteiger partial charge >= 0.3 is 0 Å². The number of carbonyl (C=O) groups excluding carboxylic acids is 1. The van der Waals surface area contributed by atoms with E-state index in [-0.39, 0.29) is 11.9 Å². The largest absolute Gasteiger partial charge is 0.347 e. The Bertz CT molecular complexity index is 686. The highest BCUT2D eigenvalue weighted by Crippen LogP contribution is 2.27. The van der Waals surface area contributed by atoms with Crippen molar-refractivity contribution in [1.82, 2.24) is 14.7 Å². The van der Waals surface area contributed by atoms with E-state index in [1.165, 1.54) is 11.1 Å². The second-order valence-electron chi connectivity index (χ2n) is 6.12. The number of hydrogen-bond donors (Lipinski definition) is 0. The molecule has 0 radical (unpaired) electrons. The van der Waals surface area contributed by atoms with Crippen LogP contribution in [0.5, 0.6) is 0 Å². The molecule has 0 saturated heterocycles.